The van der Waals surface area contributed by atoms with Crippen LogP contribution in [0.5, 0.6) is 17.2 Å². The largest absolute Gasteiger partial charge is 0.497 e. The molecule has 1 fully saturated rings. The number of nitrogens with zero attached hydrogens (tertiary/aromatic N) is 2. The molecule has 0 saturated carbocycles. The second-order valence-corrected chi connectivity index (χ2v) is 7.66. The Kier molecular flexibility index (Phi) is 6.77. The van der Waals surface area contributed by atoms with Gasteiger partial charge in [0.1, 0.15) is 23.0 Å². The monoisotopic (exact) mass is 465 g/mol. The molecule has 176 valence electrons. The Hall–Kier alpha value is -4.34. The molecule has 0 bridgehead atoms. The van der Waals surface area contributed by atoms with Gasteiger partial charge in [-0.1, -0.05) is 5.16 Å². The highest BCUT2D eigenvalue weighted by Gasteiger charge is 2.36. The number of methoxy groups -OCH3 is 1. The van der Waals surface area contributed by atoms with Crippen LogP contribution in [0.1, 0.15) is 12.2 Å². The Morgan fingerprint density at radius 1 is 1.09 bits per heavy atom. The summed E-state index contributed by atoms with van der Waals surface area (Å²) >= 11 is 0. The number of ether oxygens (including phenoxy) is 3. The van der Waals surface area contributed by atoms with Crippen LogP contribution in [0, 0.1) is 12.8 Å². The molecule has 10 heteroatoms. The molecule has 4 rings (SSSR count). The molecule has 10 nitrogen and oxygen atoms in total. The summed E-state index contributed by atoms with van der Waals surface area (Å²) in [6.07, 6.45) is 0.00698. The molecule has 1 aliphatic heterocycles. The normalized spacial score (nSPS) is 15.2. The van der Waals surface area contributed by atoms with Crippen molar-refractivity contribution in [3.05, 3.63) is 60.4 Å². The molecule has 34 heavy (non-hydrogen) atoms. The molecule has 3 aromatic rings. The summed E-state index contributed by atoms with van der Waals surface area (Å²) in [6, 6.07) is 15.7. The number of nitrogens with one attached hydrogen (secondary N) is 1. The van der Waals surface area contributed by atoms with E-state index in [1.807, 2.05) is 0 Å². The second-order valence-electron chi connectivity index (χ2n) is 7.66. The number of carbonyl (C=O) groups excluding carboxylic acids is 3. The standard InChI is InChI=1S/C24H23N3O7/c1-15-11-21(26-34-15)25-22(28)14-32-24(30)16-12-23(29)27(13-16)17-3-5-19(6-4-17)33-20-9-7-18(31-2)8-10-20/h3-11,16H,12-14H2,1-2H3,(H,25,26,28)/t16-/m1/s1. The van der Waals surface area contributed by atoms with Gasteiger partial charge in [0.2, 0.25) is 5.91 Å². The molecular formula is C24H23N3O7. The molecule has 1 aromatic heterocycles. The maximum Gasteiger partial charge on any atom is 0.311 e. The number of carbonyl (C=O) groups is 3. The number of aromatic nitrogens is 1. The zero-order valence-corrected chi connectivity index (χ0v) is 18.6. The first-order valence-electron chi connectivity index (χ1n) is 10.5. The van der Waals surface area contributed by atoms with Crippen molar-refractivity contribution in [2.24, 2.45) is 5.92 Å². The number of rotatable bonds is 8. The maximum atomic E-state index is 12.5. The lowest BCUT2D eigenvalue weighted by Gasteiger charge is -2.17. The van der Waals surface area contributed by atoms with Crippen LogP contribution in [0.4, 0.5) is 11.5 Å². The minimum Gasteiger partial charge on any atom is -0.497 e. The van der Waals surface area contributed by atoms with Crippen LogP contribution < -0.4 is 19.7 Å². The highest BCUT2D eigenvalue weighted by atomic mass is 16.5. The Morgan fingerprint density at radius 3 is 2.35 bits per heavy atom. The van der Waals surface area contributed by atoms with Gasteiger partial charge in [0.25, 0.3) is 5.91 Å². The number of benzene rings is 2. The number of anilines is 2. The topological polar surface area (TPSA) is 120 Å². The van der Waals surface area contributed by atoms with Crippen molar-refractivity contribution in [2.75, 3.05) is 30.5 Å². The Labute approximate surface area is 195 Å². The highest BCUT2D eigenvalue weighted by Crippen LogP contribution is 2.29. The van der Waals surface area contributed by atoms with E-state index in [1.54, 1.807) is 68.6 Å². The van der Waals surface area contributed by atoms with Crippen LogP contribution in [0.3, 0.4) is 0 Å². The summed E-state index contributed by atoms with van der Waals surface area (Å²) in [7, 11) is 1.59. The first kappa shape index (κ1) is 22.8. The van der Waals surface area contributed by atoms with E-state index in [-0.39, 0.29) is 24.7 Å². The summed E-state index contributed by atoms with van der Waals surface area (Å²) in [5.74, 6) is 0.739. The van der Waals surface area contributed by atoms with Crippen LogP contribution in [0.2, 0.25) is 0 Å². The van der Waals surface area contributed by atoms with Crippen LogP contribution in [-0.2, 0) is 19.1 Å². The maximum absolute atomic E-state index is 12.5. The number of amides is 2. The van der Waals surface area contributed by atoms with Gasteiger partial charge in [0.05, 0.1) is 13.0 Å². The van der Waals surface area contributed by atoms with Crippen molar-refractivity contribution in [2.45, 2.75) is 13.3 Å². The first-order chi connectivity index (χ1) is 16.4. The van der Waals surface area contributed by atoms with Crippen LogP contribution in [0.15, 0.2) is 59.1 Å². The van der Waals surface area contributed by atoms with E-state index in [4.69, 9.17) is 18.7 Å². The van der Waals surface area contributed by atoms with E-state index in [1.165, 1.54) is 4.90 Å². The number of hydrogen-bond donors (Lipinski definition) is 1. The fraction of sp³-hybridized carbons (Fsp3) is 0.250. The molecule has 1 atom stereocenters. The smallest absolute Gasteiger partial charge is 0.311 e. The van der Waals surface area contributed by atoms with Crippen molar-refractivity contribution >= 4 is 29.3 Å². The van der Waals surface area contributed by atoms with Crippen molar-refractivity contribution in [3.63, 3.8) is 0 Å². The van der Waals surface area contributed by atoms with Gasteiger partial charge in [-0.05, 0) is 55.5 Å². The molecule has 1 N–H and O–H groups in total. The van der Waals surface area contributed by atoms with E-state index in [0.29, 0.717) is 22.9 Å². The number of aryl methyl sites for hydroxylation is 1. The fourth-order valence-electron chi connectivity index (χ4n) is 3.45. The zero-order chi connectivity index (χ0) is 24.1. The fourth-order valence-corrected chi connectivity index (χ4v) is 3.45. The Morgan fingerprint density at radius 2 is 1.74 bits per heavy atom. The first-order valence-corrected chi connectivity index (χ1v) is 10.5. The lowest BCUT2D eigenvalue weighted by molar-refractivity contribution is -0.151. The van der Waals surface area contributed by atoms with Crippen molar-refractivity contribution in [3.8, 4) is 17.2 Å². The summed E-state index contributed by atoms with van der Waals surface area (Å²) in [5.41, 5.74) is 0.640. The molecular weight excluding hydrogens is 442 g/mol. The Balaban J connectivity index is 1.29. The highest BCUT2D eigenvalue weighted by molar-refractivity contribution is 6.00. The van der Waals surface area contributed by atoms with Gasteiger partial charge in [-0.2, -0.15) is 0 Å². The van der Waals surface area contributed by atoms with E-state index in [2.05, 4.69) is 10.5 Å². The SMILES string of the molecule is COc1ccc(Oc2ccc(N3C[C@H](C(=O)OCC(=O)Nc4cc(C)on4)CC3=O)cc2)cc1. The molecule has 2 heterocycles. The molecule has 1 aliphatic rings. The molecule has 0 unspecified atom stereocenters. The van der Waals surface area contributed by atoms with E-state index in [9.17, 15) is 14.4 Å². The van der Waals surface area contributed by atoms with Crippen LogP contribution in [0.25, 0.3) is 0 Å². The van der Waals surface area contributed by atoms with Crippen LogP contribution in [-0.4, -0.2) is 43.2 Å². The summed E-state index contributed by atoms with van der Waals surface area (Å²) in [5, 5.41) is 6.10. The van der Waals surface area contributed by atoms with Gasteiger partial charge in [0, 0.05) is 24.7 Å². The van der Waals surface area contributed by atoms with E-state index >= 15 is 0 Å². The zero-order valence-electron chi connectivity index (χ0n) is 18.6. The second kappa shape index (κ2) is 10.1. The van der Waals surface area contributed by atoms with Gasteiger partial charge < -0.3 is 29.0 Å². The van der Waals surface area contributed by atoms with Crippen molar-refractivity contribution < 1.29 is 33.1 Å². The van der Waals surface area contributed by atoms with Gasteiger partial charge in [0.15, 0.2) is 12.4 Å². The molecule has 2 aromatic carbocycles. The third-order valence-electron chi connectivity index (χ3n) is 5.14. The number of hydrogen-bond acceptors (Lipinski definition) is 8. The molecule has 0 radical (unpaired) electrons. The van der Waals surface area contributed by atoms with E-state index in [0.717, 1.165) is 5.75 Å². The lowest BCUT2D eigenvalue weighted by atomic mass is 10.1. The summed E-state index contributed by atoms with van der Waals surface area (Å²) in [4.78, 5) is 38.3. The van der Waals surface area contributed by atoms with Crippen LogP contribution >= 0.6 is 0 Å². The predicted molar refractivity (Wildman–Crippen MR) is 121 cm³/mol. The predicted octanol–water partition coefficient (Wildman–Crippen LogP) is 3.32. The molecule has 1 saturated heterocycles. The third kappa shape index (κ3) is 5.52. The van der Waals surface area contributed by atoms with Gasteiger partial charge in [-0.25, -0.2) is 0 Å². The number of esters is 1. The summed E-state index contributed by atoms with van der Waals surface area (Å²) < 4.78 is 20.9. The van der Waals surface area contributed by atoms with E-state index < -0.39 is 24.4 Å². The average molecular weight is 465 g/mol. The Bertz CT molecular complexity index is 1170. The minimum absolute atomic E-state index is 0.00698. The lowest BCUT2D eigenvalue weighted by Crippen LogP contribution is -2.28. The molecule has 2 amide bonds. The summed E-state index contributed by atoms with van der Waals surface area (Å²) in [6.45, 7) is 1.38. The quantitative estimate of drug-likeness (QED) is 0.503. The minimum atomic E-state index is -0.662. The molecule has 0 aliphatic carbocycles. The van der Waals surface area contributed by atoms with Crippen molar-refractivity contribution in [1.29, 1.82) is 0 Å². The van der Waals surface area contributed by atoms with Gasteiger partial charge in [-0.15, -0.1) is 0 Å². The van der Waals surface area contributed by atoms with Gasteiger partial charge >= 0.3 is 5.97 Å². The average Bonchev–Trinajstić information content (AvgIpc) is 3.43. The van der Waals surface area contributed by atoms with Crippen molar-refractivity contribution in [1.82, 2.24) is 5.16 Å². The molecule has 0 spiro atoms. The third-order valence-corrected chi connectivity index (χ3v) is 5.14. The van der Waals surface area contributed by atoms with Gasteiger partial charge in [-0.3, -0.25) is 14.4 Å².